The van der Waals surface area contributed by atoms with E-state index in [1.807, 2.05) is 31.6 Å². The summed E-state index contributed by atoms with van der Waals surface area (Å²) < 4.78 is 1.83. The largest absolute Gasteiger partial charge is 0.299 e. The molecule has 0 aliphatic rings. The Morgan fingerprint density at radius 1 is 1.64 bits per heavy atom. The summed E-state index contributed by atoms with van der Waals surface area (Å²) >= 11 is 3.38. The van der Waals surface area contributed by atoms with Crippen LogP contribution in [0, 0.1) is 6.92 Å². The van der Waals surface area contributed by atoms with E-state index in [9.17, 15) is 4.79 Å². The van der Waals surface area contributed by atoms with Crippen molar-refractivity contribution in [1.82, 2.24) is 9.78 Å². The molecular formula is C10H15BrN2O. The molecule has 0 amide bonds. The van der Waals surface area contributed by atoms with Crippen LogP contribution in [0.4, 0.5) is 0 Å². The van der Waals surface area contributed by atoms with Gasteiger partial charge >= 0.3 is 0 Å². The highest BCUT2D eigenvalue weighted by Crippen LogP contribution is 2.24. The Kier molecular flexibility index (Phi) is 3.48. The standard InChI is InChI=1S/C10H15BrN2O/c1-6-5-9(12-13(6)4)7(2)10(11)8(3)14/h5,7,10H,1-4H3. The predicted octanol–water partition coefficient (Wildman–Crippen LogP) is 2.18. The number of ketones is 1. The number of hydrogen-bond acceptors (Lipinski definition) is 2. The zero-order valence-electron chi connectivity index (χ0n) is 8.91. The van der Waals surface area contributed by atoms with Gasteiger partial charge < -0.3 is 0 Å². The molecule has 0 saturated heterocycles. The van der Waals surface area contributed by atoms with E-state index in [1.165, 1.54) is 0 Å². The molecule has 78 valence electrons. The number of halogens is 1. The molecule has 1 aromatic heterocycles. The van der Waals surface area contributed by atoms with Gasteiger partial charge in [0.2, 0.25) is 0 Å². The Morgan fingerprint density at radius 2 is 2.21 bits per heavy atom. The maximum absolute atomic E-state index is 11.2. The third kappa shape index (κ3) is 2.23. The molecular weight excluding hydrogens is 244 g/mol. The Bertz CT molecular complexity index is 326. The Labute approximate surface area is 92.6 Å². The van der Waals surface area contributed by atoms with Crippen molar-refractivity contribution in [2.24, 2.45) is 7.05 Å². The molecule has 1 aromatic rings. The molecule has 3 nitrogen and oxygen atoms in total. The molecule has 4 heteroatoms. The van der Waals surface area contributed by atoms with E-state index in [0.29, 0.717) is 0 Å². The molecule has 1 rings (SSSR count). The van der Waals surface area contributed by atoms with Crippen LogP contribution in [0.25, 0.3) is 0 Å². The van der Waals surface area contributed by atoms with Gasteiger partial charge in [-0.25, -0.2) is 0 Å². The molecule has 0 fully saturated rings. The van der Waals surface area contributed by atoms with E-state index in [0.717, 1.165) is 11.4 Å². The molecule has 0 aromatic carbocycles. The van der Waals surface area contributed by atoms with Gasteiger partial charge in [0.25, 0.3) is 0 Å². The summed E-state index contributed by atoms with van der Waals surface area (Å²) in [5.74, 6) is 0.258. The number of carbonyl (C=O) groups excluding carboxylic acids is 1. The van der Waals surface area contributed by atoms with E-state index in [4.69, 9.17) is 0 Å². The minimum absolute atomic E-state index is 0.118. The monoisotopic (exact) mass is 258 g/mol. The number of alkyl halides is 1. The van der Waals surface area contributed by atoms with E-state index >= 15 is 0 Å². The third-order valence-electron chi connectivity index (χ3n) is 2.43. The topological polar surface area (TPSA) is 34.9 Å². The van der Waals surface area contributed by atoms with Gasteiger partial charge in [0.15, 0.2) is 0 Å². The van der Waals surface area contributed by atoms with Crippen LogP contribution in [0.15, 0.2) is 6.07 Å². The molecule has 0 aliphatic heterocycles. The minimum atomic E-state index is -0.142. The molecule has 0 N–H and O–H groups in total. The fraction of sp³-hybridized carbons (Fsp3) is 0.600. The fourth-order valence-corrected chi connectivity index (χ4v) is 1.58. The molecule has 0 saturated carbocycles. The van der Waals surface area contributed by atoms with Crippen LogP contribution in [0.2, 0.25) is 0 Å². The van der Waals surface area contributed by atoms with E-state index in [1.54, 1.807) is 6.92 Å². The highest BCUT2D eigenvalue weighted by Gasteiger charge is 2.22. The minimum Gasteiger partial charge on any atom is -0.299 e. The first-order valence-electron chi connectivity index (χ1n) is 4.58. The Morgan fingerprint density at radius 3 is 2.57 bits per heavy atom. The van der Waals surface area contributed by atoms with Crippen molar-refractivity contribution in [2.75, 3.05) is 0 Å². The molecule has 0 aliphatic carbocycles. The molecule has 1 heterocycles. The average molecular weight is 259 g/mol. The van der Waals surface area contributed by atoms with E-state index in [-0.39, 0.29) is 16.5 Å². The van der Waals surface area contributed by atoms with Crippen LogP contribution in [0.3, 0.4) is 0 Å². The number of rotatable bonds is 3. The van der Waals surface area contributed by atoms with Crippen molar-refractivity contribution in [3.05, 3.63) is 17.5 Å². The zero-order chi connectivity index (χ0) is 10.9. The second kappa shape index (κ2) is 4.26. The van der Waals surface area contributed by atoms with E-state index < -0.39 is 0 Å². The van der Waals surface area contributed by atoms with Crippen LogP contribution >= 0.6 is 15.9 Å². The van der Waals surface area contributed by atoms with Gasteiger partial charge in [-0.15, -0.1) is 0 Å². The van der Waals surface area contributed by atoms with Crippen LogP contribution in [0.5, 0.6) is 0 Å². The quantitative estimate of drug-likeness (QED) is 0.780. The Balaban J connectivity index is 2.89. The fourth-order valence-electron chi connectivity index (χ4n) is 1.31. The lowest BCUT2D eigenvalue weighted by molar-refractivity contribution is -0.116. The summed E-state index contributed by atoms with van der Waals surface area (Å²) in [6, 6.07) is 2.02. The number of nitrogens with zero attached hydrogens (tertiary/aromatic N) is 2. The summed E-state index contributed by atoms with van der Waals surface area (Å²) in [5.41, 5.74) is 2.07. The summed E-state index contributed by atoms with van der Waals surface area (Å²) in [6.45, 7) is 5.59. The molecule has 0 spiro atoms. The van der Waals surface area contributed by atoms with Gasteiger partial charge in [-0.2, -0.15) is 5.10 Å². The zero-order valence-corrected chi connectivity index (χ0v) is 10.5. The number of aryl methyl sites for hydroxylation is 2. The van der Waals surface area contributed by atoms with Crippen molar-refractivity contribution >= 4 is 21.7 Å². The van der Waals surface area contributed by atoms with Crippen LogP contribution in [-0.4, -0.2) is 20.4 Å². The van der Waals surface area contributed by atoms with Crippen LogP contribution in [0.1, 0.15) is 31.2 Å². The first-order chi connectivity index (χ1) is 6.43. The number of aromatic nitrogens is 2. The number of carbonyl (C=O) groups is 1. The SMILES string of the molecule is CC(=O)C(Br)C(C)c1cc(C)n(C)n1. The molecule has 2 unspecified atom stereocenters. The first-order valence-corrected chi connectivity index (χ1v) is 5.50. The van der Waals surface area contributed by atoms with Gasteiger partial charge in [-0.05, 0) is 19.9 Å². The second-order valence-electron chi connectivity index (χ2n) is 3.64. The summed E-state index contributed by atoms with van der Waals surface area (Å²) in [5, 5.41) is 4.35. The highest BCUT2D eigenvalue weighted by atomic mass is 79.9. The lowest BCUT2D eigenvalue weighted by Crippen LogP contribution is -2.18. The smallest absolute Gasteiger partial charge is 0.144 e. The summed E-state index contributed by atoms with van der Waals surface area (Å²) in [4.78, 5) is 11.0. The van der Waals surface area contributed by atoms with Crippen molar-refractivity contribution in [1.29, 1.82) is 0 Å². The molecule has 14 heavy (non-hydrogen) atoms. The van der Waals surface area contributed by atoms with Gasteiger partial charge in [0.05, 0.1) is 10.5 Å². The molecule has 2 atom stereocenters. The highest BCUT2D eigenvalue weighted by molar-refractivity contribution is 9.10. The van der Waals surface area contributed by atoms with Gasteiger partial charge in [-0.1, -0.05) is 22.9 Å². The van der Waals surface area contributed by atoms with Crippen molar-refractivity contribution in [3.63, 3.8) is 0 Å². The van der Waals surface area contributed by atoms with Crippen LogP contribution in [-0.2, 0) is 11.8 Å². The van der Waals surface area contributed by atoms with Gasteiger partial charge in [0.1, 0.15) is 5.78 Å². The first kappa shape index (κ1) is 11.4. The van der Waals surface area contributed by atoms with Gasteiger partial charge in [0, 0.05) is 18.7 Å². The number of Topliss-reactive ketones (excluding diaryl/α,β-unsaturated/α-hetero) is 1. The normalized spacial score (nSPS) is 15.2. The van der Waals surface area contributed by atoms with Crippen LogP contribution < -0.4 is 0 Å². The molecule has 0 radical (unpaired) electrons. The van der Waals surface area contributed by atoms with Crippen molar-refractivity contribution < 1.29 is 4.79 Å². The number of hydrogen-bond donors (Lipinski definition) is 0. The second-order valence-corrected chi connectivity index (χ2v) is 4.62. The lowest BCUT2D eigenvalue weighted by Gasteiger charge is -2.12. The average Bonchev–Trinajstić information content (AvgIpc) is 2.44. The summed E-state index contributed by atoms with van der Waals surface area (Å²) in [7, 11) is 1.91. The Hall–Kier alpha value is -0.640. The maximum Gasteiger partial charge on any atom is 0.144 e. The van der Waals surface area contributed by atoms with Gasteiger partial charge in [-0.3, -0.25) is 9.48 Å². The third-order valence-corrected chi connectivity index (χ3v) is 3.86. The van der Waals surface area contributed by atoms with E-state index in [2.05, 4.69) is 21.0 Å². The van der Waals surface area contributed by atoms with Crippen molar-refractivity contribution in [2.45, 2.75) is 31.5 Å². The lowest BCUT2D eigenvalue weighted by atomic mass is 10.0. The van der Waals surface area contributed by atoms with Crippen molar-refractivity contribution in [3.8, 4) is 0 Å². The molecule has 0 bridgehead atoms. The summed E-state index contributed by atoms with van der Waals surface area (Å²) in [6.07, 6.45) is 0. The predicted molar refractivity (Wildman–Crippen MR) is 59.8 cm³/mol. The maximum atomic E-state index is 11.2.